The topological polar surface area (TPSA) is 41.4 Å². The second-order valence-electron chi connectivity index (χ2n) is 8.93. The van der Waals surface area contributed by atoms with Crippen LogP contribution in [-0.4, -0.2) is 51.2 Å². The molecule has 3 aliphatic rings. The lowest BCUT2D eigenvalue weighted by molar-refractivity contribution is -0.135. The summed E-state index contributed by atoms with van der Waals surface area (Å²) in [4.78, 5) is 17.7. The van der Waals surface area contributed by atoms with Gasteiger partial charge in [0.15, 0.2) is 0 Å². The summed E-state index contributed by atoms with van der Waals surface area (Å²) in [5.74, 6) is 0.732. The van der Waals surface area contributed by atoms with Gasteiger partial charge in [-0.05, 0) is 37.9 Å². The quantitative estimate of drug-likeness (QED) is 0.672. The molecular formula is C25H26N4O. The third kappa shape index (κ3) is 2.39. The maximum absolute atomic E-state index is 13.2. The predicted octanol–water partition coefficient (Wildman–Crippen LogP) is 3.91. The van der Waals surface area contributed by atoms with Crippen LogP contribution >= 0.6 is 0 Å². The summed E-state index contributed by atoms with van der Waals surface area (Å²) in [7, 11) is 1.96. The molecule has 1 spiro atoms. The molecule has 3 atom stereocenters. The highest BCUT2D eigenvalue weighted by atomic mass is 16.2. The summed E-state index contributed by atoms with van der Waals surface area (Å²) in [6, 6.07) is 21.0. The molecule has 6 rings (SSSR count). The van der Waals surface area contributed by atoms with E-state index in [1.807, 2.05) is 40.9 Å². The third-order valence-electron chi connectivity index (χ3n) is 7.41. The van der Waals surface area contributed by atoms with Crippen molar-refractivity contribution in [2.24, 2.45) is 5.92 Å². The van der Waals surface area contributed by atoms with Crippen LogP contribution in [0.3, 0.4) is 0 Å². The van der Waals surface area contributed by atoms with Crippen LogP contribution in [0.1, 0.15) is 30.9 Å². The molecule has 30 heavy (non-hydrogen) atoms. The fraction of sp³-hybridized carbons (Fsp3) is 0.360. The number of likely N-dealkylation sites (tertiary alicyclic amines) is 1. The van der Waals surface area contributed by atoms with Gasteiger partial charge in [0.25, 0.3) is 0 Å². The van der Waals surface area contributed by atoms with Crippen molar-refractivity contribution in [2.45, 2.75) is 30.8 Å². The van der Waals surface area contributed by atoms with Gasteiger partial charge in [0.05, 0.1) is 11.4 Å². The SMILES string of the molecule is CN1C[C@@H]2C[C@@H](c3cn(-c4ccccc4)nc3-c3ccccc3)N3CCC[C@@]23C1=O. The molecule has 1 aromatic heterocycles. The van der Waals surface area contributed by atoms with E-state index in [9.17, 15) is 4.79 Å². The van der Waals surface area contributed by atoms with Gasteiger partial charge in [0.1, 0.15) is 5.54 Å². The summed E-state index contributed by atoms with van der Waals surface area (Å²) >= 11 is 0. The van der Waals surface area contributed by atoms with E-state index in [1.165, 1.54) is 5.56 Å². The van der Waals surface area contributed by atoms with Gasteiger partial charge in [-0.25, -0.2) is 4.68 Å². The molecule has 3 aliphatic heterocycles. The van der Waals surface area contributed by atoms with Gasteiger partial charge in [0.2, 0.25) is 5.91 Å². The molecule has 2 aromatic carbocycles. The molecule has 3 fully saturated rings. The molecule has 1 amide bonds. The van der Waals surface area contributed by atoms with Gasteiger partial charge < -0.3 is 4.90 Å². The van der Waals surface area contributed by atoms with Crippen LogP contribution in [0.15, 0.2) is 66.9 Å². The molecule has 4 heterocycles. The van der Waals surface area contributed by atoms with Crippen LogP contribution in [-0.2, 0) is 4.79 Å². The van der Waals surface area contributed by atoms with Crippen molar-refractivity contribution < 1.29 is 4.79 Å². The fourth-order valence-electron chi connectivity index (χ4n) is 6.16. The van der Waals surface area contributed by atoms with Gasteiger partial charge >= 0.3 is 0 Å². The highest BCUT2D eigenvalue weighted by Gasteiger charge is 2.64. The first-order chi connectivity index (χ1) is 14.7. The zero-order valence-electron chi connectivity index (χ0n) is 17.2. The number of carbonyl (C=O) groups is 1. The highest BCUT2D eigenvalue weighted by molar-refractivity contribution is 5.90. The molecule has 5 nitrogen and oxygen atoms in total. The average molecular weight is 399 g/mol. The summed E-state index contributed by atoms with van der Waals surface area (Å²) in [5, 5.41) is 5.03. The fourth-order valence-corrected chi connectivity index (χ4v) is 6.16. The standard InChI is InChI=1S/C25H26N4O/c1-27-16-19-15-22(28-14-8-13-25(19,28)24(27)30)21-17-29(20-11-6-3-7-12-20)26-23(21)18-9-4-2-5-10-18/h2-7,9-12,17,19,22H,8,13-16H2,1H3/t19-,22-,25-/m0/s1. The Labute approximate surface area is 176 Å². The van der Waals surface area contributed by atoms with Crippen molar-refractivity contribution in [2.75, 3.05) is 20.1 Å². The van der Waals surface area contributed by atoms with E-state index in [0.29, 0.717) is 11.8 Å². The zero-order valence-corrected chi connectivity index (χ0v) is 17.2. The van der Waals surface area contributed by atoms with Crippen LogP contribution in [0.2, 0.25) is 0 Å². The maximum atomic E-state index is 13.2. The van der Waals surface area contributed by atoms with Gasteiger partial charge in [-0.2, -0.15) is 5.10 Å². The predicted molar refractivity (Wildman–Crippen MR) is 116 cm³/mol. The van der Waals surface area contributed by atoms with Crippen molar-refractivity contribution in [3.8, 4) is 16.9 Å². The van der Waals surface area contributed by atoms with Gasteiger partial charge in [-0.1, -0.05) is 48.5 Å². The second kappa shape index (κ2) is 6.54. The first kappa shape index (κ1) is 17.9. The van der Waals surface area contributed by atoms with E-state index >= 15 is 0 Å². The lowest BCUT2D eigenvalue weighted by atomic mass is 9.85. The van der Waals surface area contributed by atoms with Crippen molar-refractivity contribution in [3.63, 3.8) is 0 Å². The van der Waals surface area contributed by atoms with E-state index in [4.69, 9.17) is 5.10 Å². The molecule has 5 heteroatoms. The van der Waals surface area contributed by atoms with Crippen LogP contribution in [0.4, 0.5) is 0 Å². The lowest BCUT2D eigenvalue weighted by Gasteiger charge is -2.33. The van der Waals surface area contributed by atoms with Gasteiger partial charge in [0, 0.05) is 42.9 Å². The number of aromatic nitrogens is 2. The minimum atomic E-state index is -0.289. The average Bonchev–Trinajstić information content (AvgIpc) is 3.52. The number of hydrogen-bond donors (Lipinski definition) is 0. The Hall–Kier alpha value is -2.92. The Morgan fingerprint density at radius 1 is 1.03 bits per heavy atom. The summed E-state index contributed by atoms with van der Waals surface area (Å²) in [5.41, 5.74) is 4.19. The number of nitrogens with zero attached hydrogens (tertiary/aromatic N) is 4. The molecule has 3 saturated heterocycles. The molecule has 0 bridgehead atoms. The molecule has 3 aromatic rings. The largest absolute Gasteiger partial charge is 0.344 e. The number of rotatable bonds is 3. The van der Waals surface area contributed by atoms with Crippen LogP contribution in [0.25, 0.3) is 16.9 Å². The smallest absolute Gasteiger partial charge is 0.243 e. The number of amides is 1. The zero-order chi connectivity index (χ0) is 20.3. The molecule has 0 radical (unpaired) electrons. The maximum Gasteiger partial charge on any atom is 0.243 e. The minimum Gasteiger partial charge on any atom is -0.344 e. The van der Waals surface area contributed by atoms with Crippen molar-refractivity contribution in [1.29, 1.82) is 0 Å². The molecule has 0 unspecified atom stereocenters. The van der Waals surface area contributed by atoms with E-state index in [1.54, 1.807) is 0 Å². The number of benzene rings is 2. The Bertz CT molecular complexity index is 1090. The summed E-state index contributed by atoms with van der Waals surface area (Å²) in [6.45, 7) is 1.87. The van der Waals surface area contributed by atoms with Gasteiger partial charge in [-0.15, -0.1) is 0 Å². The number of para-hydroxylation sites is 1. The van der Waals surface area contributed by atoms with Crippen LogP contribution in [0.5, 0.6) is 0 Å². The summed E-state index contributed by atoms with van der Waals surface area (Å²) < 4.78 is 2.00. The van der Waals surface area contributed by atoms with Crippen molar-refractivity contribution in [1.82, 2.24) is 19.6 Å². The van der Waals surface area contributed by atoms with E-state index < -0.39 is 0 Å². The first-order valence-corrected chi connectivity index (χ1v) is 10.9. The second-order valence-corrected chi connectivity index (χ2v) is 8.93. The van der Waals surface area contributed by atoms with Gasteiger partial charge in [-0.3, -0.25) is 9.69 Å². The number of likely N-dealkylation sites (N-methyl/N-ethyl adjacent to an activating group) is 1. The van der Waals surface area contributed by atoms with Crippen molar-refractivity contribution in [3.05, 3.63) is 72.4 Å². The Morgan fingerprint density at radius 2 is 1.77 bits per heavy atom. The monoisotopic (exact) mass is 398 g/mol. The normalized spacial score (nSPS) is 28.2. The van der Waals surface area contributed by atoms with E-state index in [2.05, 4.69) is 47.5 Å². The lowest BCUT2D eigenvalue weighted by Crippen LogP contribution is -2.49. The molecule has 0 N–H and O–H groups in total. The first-order valence-electron chi connectivity index (χ1n) is 10.9. The van der Waals surface area contributed by atoms with Crippen molar-refractivity contribution >= 4 is 5.91 Å². The minimum absolute atomic E-state index is 0.239. The number of hydrogen-bond acceptors (Lipinski definition) is 3. The Morgan fingerprint density at radius 3 is 2.53 bits per heavy atom. The molecular weight excluding hydrogens is 372 g/mol. The molecule has 0 saturated carbocycles. The van der Waals surface area contributed by atoms with E-state index in [-0.39, 0.29) is 11.6 Å². The molecule has 152 valence electrons. The molecule has 0 aliphatic carbocycles. The third-order valence-corrected chi connectivity index (χ3v) is 7.41. The van der Waals surface area contributed by atoms with Crippen LogP contribution < -0.4 is 0 Å². The highest BCUT2D eigenvalue weighted by Crippen LogP contribution is 2.56. The van der Waals surface area contributed by atoms with E-state index in [0.717, 1.165) is 49.3 Å². The Balaban J connectivity index is 1.48. The Kier molecular flexibility index (Phi) is 3.90. The summed E-state index contributed by atoms with van der Waals surface area (Å²) in [6.07, 6.45) is 5.31. The number of carbonyl (C=O) groups excluding carboxylic acids is 1. The van der Waals surface area contributed by atoms with Crippen LogP contribution in [0, 0.1) is 5.92 Å².